The molecule has 0 bridgehead atoms. The SMILES string of the molecule is Cc1cccc2nc(NC(=O)c3cccc(Cl)c3F)n(C3CCCCN(C(=O)/C=C/CN(C)C)C3)c12. The van der Waals surface area contributed by atoms with E-state index in [0.29, 0.717) is 25.6 Å². The summed E-state index contributed by atoms with van der Waals surface area (Å²) in [6.07, 6.45) is 6.14. The Morgan fingerprint density at radius 3 is 2.78 bits per heavy atom. The summed E-state index contributed by atoms with van der Waals surface area (Å²) in [6.45, 7) is 3.83. The Bertz CT molecular complexity index is 1300. The van der Waals surface area contributed by atoms with Crippen LogP contribution in [-0.4, -0.2) is 64.9 Å². The molecule has 1 unspecified atom stereocenters. The number of fused-ring (bicyclic) bond motifs is 1. The number of anilines is 1. The van der Waals surface area contributed by atoms with Gasteiger partial charge in [0.15, 0.2) is 5.82 Å². The van der Waals surface area contributed by atoms with Gasteiger partial charge in [-0.1, -0.05) is 35.9 Å². The fraction of sp³-hybridized carbons (Fsp3) is 0.370. The van der Waals surface area contributed by atoms with E-state index in [1.54, 1.807) is 6.08 Å². The highest BCUT2D eigenvalue weighted by Gasteiger charge is 2.27. The Hall–Kier alpha value is -3.23. The van der Waals surface area contributed by atoms with Crippen LogP contribution in [0.2, 0.25) is 5.02 Å². The smallest absolute Gasteiger partial charge is 0.261 e. The molecule has 0 saturated carbocycles. The van der Waals surface area contributed by atoms with Gasteiger partial charge < -0.3 is 14.4 Å². The lowest BCUT2D eigenvalue weighted by Crippen LogP contribution is -2.35. The standard InChI is InChI=1S/C27H31ClFN5O2/c1-18-9-6-13-22-25(18)34(27(30-22)31-26(36)20-11-7-12-21(28)24(20)29)19-10-4-5-16-33(17-19)23(35)14-8-15-32(2)3/h6-9,11-14,19H,4-5,10,15-17H2,1-3H3,(H,30,31,36)/b14-8+. The summed E-state index contributed by atoms with van der Waals surface area (Å²) in [6, 6.07) is 10.0. The molecular weight excluding hydrogens is 481 g/mol. The first-order chi connectivity index (χ1) is 17.3. The molecule has 1 fully saturated rings. The van der Waals surface area contributed by atoms with Gasteiger partial charge in [0.2, 0.25) is 11.9 Å². The average Bonchev–Trinajstić information content (AvgIpc) is 3.02. The molecule has 2 amide bonds. The number of benzene rings is 2. The second-order valence-corrected chi connectivity index (χ2v) is 9.81. The molecule has 0 aliphatic carbocycles. The number of hydrogen-bond donors (Lipinski definition) is 1. The second-order valence-electron chi connectivity index (χ2n) is 9.40. The average molecular weight is 512 g/mol. The van der Waals surface area contributed by atoms with Gasteiger partial charge >= 0.3 is 0 Å². The number of aryl methyl sites for hydroxylation is 1. The third-order valence-corrected chi connectivity index (χ3v) is 6.68. The fourth-order valence-corrected chi connectivity index (χ4v) is 4.79. The lowest BCUT2D eigenvalue weighted by molar-refractivity contribution is -0.126. The van der Waals surface area contributed by atoms with Crippen LogP contribution >= 0.6 is 11.6 Å². The van der Waals surface area contributed by atoms with Crippen LogP contribution in [0.3, 0.4) is 0 Å². The zero-order chi connectivity index (χ0) is 25.8. The predicted octanol–water partition coefficient (Wildman–Crippen LogP) is 5.06. The number of hydrogen-bond acceptors (Lipinski definition) is 4. The van der Waals surface area contributed by atoms with Crippen molar-refractivity contribution in [3.8, 4) is 0 Å². The van der Waals surface area contributed by atoms with E-state index < -0.39 is 11.7 Å². The lowest BCUT2D eigenvalue weighted by atomic mass is 10.1. The molecule has 1 aliphatic heterocycles. The summed E-state index contributed by atoms with van der Waals surface area (Å²) >= 11 is 5.89. The van der Waals surface area contributed by atoms with Crippen molar-refractivity contribution in [3.05, 3.63) is 70.5 Å². The molecule has 2 aromatic carbocycles. The zero-order valence-corrected chi connectivity index (χ0v) is 21.6. The number of rotatable bonds is 6. The summed E-state index contributed by atoms with van der Waals surface area (Å²) in [4.78, 5) is 34.6. The van der Waals surface area contributed by atoms with Crippen molar-refractivity contribution in [1.29, 1.82) is 0 Å². The van der Waals surface area contributed by atoms with E-state index in [1.165, 1.54) is 18.2 Å². The summed E-state index contributed by atoms with van der Waals surface area (Å²) in [5.74, 6) is -1.11. The van der Waals surface area contributed by atoms with E-state index in [-0.39, 0.29) is 22.5 Å². The van der Waals surface area contributed by atoms with Crippen molar-refractivity contribution in [2.45, 2.75) is 32.2 Å². The quantitative estimate of drug-likeness (QED) is 0.469. The first-order valence-corrected chi connectivity index (χ1v) is 12.5. The number of nitrogens with one attached hydrogen (secondary N) is 1. The maximum atomic E-state index is 14.6. The van der Waals surface area contributed by atoms with Gasteiger partial charge in [-0.25, -0.2) is 9.37 Å². The van der Waals surface area contributed by atoms with Crippen LogP contribution in [0.4, 0.5) is 10.3 Å². The van der Waals surface area contributed by atoms with Gasteiger partial charge in [0.25, 0.3) is 5.91 Å². The van der Waals surface area contributed by atoms with Crippen molar-refractivity contribution in [3.63, 3.8) is 0 Å². The Morgan fingerprint density at radius 2 is 2.00 bits per heavy atom. The van der Waals surface area contributed by atoms with E-state index in [2.05, 4.69) is 10.3 Å². The molecule has 3 aromatic rings. The highest BCUT2D eigenvalue weighted by atomic mass is 35.5. The van der Waals surface area contributed by atoms with Crippen LogP contribution in [0.25, 0.3) is 11.0 Å². The first-order valence-electron chi connectivity index (χ1n) is 12.1. The summed E-state index contributed by atoms with van der Waals surface area (Å²) < 4.78 is 16.6. The number of carbonyl (C=O) groups excluding carboxylic acids is 2. The fourth-order valence-electron chi connectivity index (χ4n) is 4.61. The van der Waals surface area contributed by atoms with Gasteiger partial charge in [-0.15, -0.1) is 0 Å². The number of amides is 2. The van der Waals surface area contributed by atoms with E-state index in [9.17, 15) is 14.0 Å². The molecule has 0 radical (unpaired) electrons. The van der Waals surface area contributed by atoms with Crippen molar-refractivity contribution < 1.29 is 14.0 Å². The van der Waals surface area contributed by atoms with Gasteiger partial charge in [-0.05, 0) is 64.0 Å². The molecule has 1 aliphatic rings. The summed E-state index contributed by atoms with van der Waals surface area (Å²) in [5.41, 5.74) is 2.47. The van der Waals surface area contributed by atoms with E-state index in [4.69, 9.17) is 11.6 Å². The van der Waals surface area contributed by atoms with Gasteiger partial charge in [-0.3, -0.25) is 14.9 Å². The Labute approximate surface area is 215 Å². The van der Waals surface area contributed by atoms with Crippen LogP contribution in [0.1, 0.15) is 41.2 Å². The van der Waals surface area contributed by atoms with Gasteiger partial charge in [-0.2, -0.15) is 0 Å². The van der Waals surface area contributed by atoms with Crippen molar-refractivity contribution in [1.82, 2.24) is 19.4 Å². The number of aromatic nitrogens is 2. The van der Waals surface area contributed by atoms with Crippen molar-refractivity contribution in [2.24, 2.45) is 0 Å². The van der Waals surface area contributed by atoms with Crippen LogP contribution in [0.5, 0.6) is 0 Å². The molecule has 9 heteroatoms. The molecule has 1 aromatic heterocycles. The number of likely N-dealkylation sites (N-methyl/N-ethyl adjacent to an activating group) is 1. The number of carbonyl (C=O) groups is 2. The number of imidazole rings is 1. The minimum atomic E-state index is -0.772. The summed E-state index contributed by atoms with van der Waals surface area (Å²) in [5, 5.41) is 2.69. The van der Waals surface area contributed by atoms with Gasteiger partial charge in [0.05, 0.1) is 27.7 Å². The molecule has 4 rings (SSSR count). The van der Waals surface area contributed by atoms with Gasteiger partial charge in [0.1, 0.15) is 0 Å². The maximum Gasteiger partial charge on any atom is 0.261 e. The first kappa shape index (κ1) is 25.9. The summed E-state index contributed by atoms with van der Waals surface area (Å²) in [7, 11) is 3.91. The molecule has 1 atom stereocenters. The highest BCUT2D eigenvalue weighted by molar-refractivity contribution is 6.31. The Balaban J connectivity index is 1.69. The maximum absolute atomic E-state index is 14.6. The minimum absolute atomic E-state index is 0.0310. The Morgan fingerprint density at radius 1 is 1.22 bits per heavy atom. The van der Waals surface area contributed by atoms with E-state index >= 15 is 0 Å². The number of nitrogens with zero attached hydrogens (tertiary/aromatic N) is 4. The van der Waals surface area contributed by atoms with Crippen molar-refractivity contribution in [2.75, 3.05) is 39.0 Å². The monoisotopic (exact) mass is 511 g/mol. The lowest BCUT2D eigenvalue weighted by Gasteiger charge is -2.26. The molecule has 190 valence electrons. The second kappa shape index (κ2) is 11.2. The number of likely N-dealkylation sites (tertiary alicyclic amines) is 1. The van der Waals surface area contributed by atoms with Crippen LogP contribution < -0.4 is 5.32 Å². The predicted molar refractivity (Wildman–Crippen MR) is 141 cm³/mol. The normalized spacial score (nSPS) is 16.6. The van der Waals surface area contributed by atoms with E-state index in [0.717, 1.165) is 35.9 Å². The molecule has 1 N–H and O–H groups in total. The Kier molecular flexibility index (Phi) is 8.06. The van der Waals surface area contributed by atoms with Gasteiger partial charge in [0, 0.05) is 25.7 Å². The third-order valence-electron chi connectivity index (χ3n) is 6.39. The molecule has 36 heavy (non-hydrogen) atoms. The van der Waals surface area contributed by atoms with Crippen LogP contribution in [-0.2, 0) is 4.79 Å². The topological polar surface area (TPSA) is 70.5 Å². The van der Waals surface area contributed by atoms with Crippen molar-refractivity contribution >= 4 is 40.4 Å². The molecule has 7 nitrogen and oxygen atoms in total. The number of halogens is 2. The largest absolute Gasteiger partial charge is 0.337 e. The minimum Gasteiger partial charge on any atom is -0.337 e. The molecule has 2 heterocycles. The molecular formula is C27H31ClFN5O2. The van der Waals surface area contributed by atoms with E-state index in [1.807, 2.05) is 59.7 Å². The highest BCUT2D eigenvalue weighted by Crippen LogP contribution is 2.32. The molecule has 1 saturated heterocycles. The number of para-hydroxylation sites is 1. The van der Waals surface area contributed by atoms with Crippen LogP contribution in [0.15, 0.2) is 48.6 Å². The third kappa shape index (κ3) is 5.60. The zero-order valence-electron chi connectivity index (χ0n) is 20.8. The van der Waals surface area contributed by atoms with Crippen LogP contribution in [0, 0.1) is 12.7 Å². The molecule has 0 spiro atoms.